The van der Waals surface area contributed by atoms with Gasteiger partial charge in [-0.3, -0.25) is 4.79 Å². The summed E-state index contributed by atoms with van der Waals surface area (Å²) in [5.74, 6) is -1.19. The average Bonchev–Trinajstić information content (AvgIpc) is 1.86. The van der Waals surface area contributed by atoms with Crippen LogP contribution in [-0.2, 0) is 4.79 Å². The standard InChI is InChI=1S/C5H10FNO2S/c1-5(2,10-6)3(7)4(8)9/h3H,7H2,1-2H3,(H,8,9)/t3-/m1/s1. The molecule has 60 valence electrons. The van der Waals surface area contributed by atoms with Gasteiger partial charge >= 0.3 is 5.97 Å². The third kappa shape index (κ3) is 2.15. The number of hydrogen-bond acceptors (Lipinski definition) is 3. The van der Waals surface area contributed by atoms with E-state index in [4.69, 9.17) is 10.8 Å². The van der Waals surface area contributed by atoms with E-state index in [1.807, 2.05) is 0 Å². The number of aliphatic carboxylic acids is 1. The Kier molecular flexibility index (Phi) is 3.11. The Morgan fingerprint density at radius 3 is 2.30 bits per heavy atom. The van der Waals surface area contributed by atoms with Crippen molar-refractivity contribution < 1.29 is 13.8 Å². The van der Waals surface area contributed by atoms with E-state index in [9.17, 15) is 8.68 Å². The smallest absolute Gasteiger partial charge is 0.322 e. The van der Waals surface area contributed by atoms with Gasteiger partial charge < -0.3 is 10.8 Å². The zero-order valence-electron chi connectivity index (χ0n) is 5.80. The van der Waals surface area contributed by atoms with Crippen LogP contribution in [-0.4, -0.2) is 21.9 Å². The van der Waals surface area contributed by atoms with E-state index in [0.717, 1.165) is 0 Å². The molecule has 5 heteroatoms. The van der Waals surface area contributed by atoms with Crippen LogP contribution in [0.25, 0.3) is 0 Å². The molecular formula is C5H10FNO2S. The van der Waals surface area contributed by atoms with Crippen LogP contribution < -0.4 is 5.73 Å². The molecule has 0 spiro atoms. The Morgan fingerprint density at radius 1 is 1.80 bits per heavy atom. The van der Waals surface area contributed by atoms with Crippen molar-refractivity contribution >= 4 is 18.1 Å². The van der Waals surface area contributed by atoms with Crippen molar-refractivity contribution in [2.75, 3.05) is 0 Å². The van der Waals surface area contributed by atoms with Gasteiger partial charge in [-0.05, 0) is 13.8 Å². The van der Waals surface area contributed by atoms with Crippen LogP contribution in [0.2, 0.25) is 0 Å². The van der Waals surface area contributed by atoms with Gasteiger partial charge in [-0.15, -0.1) is 0 Å². The molecule has 0 amide bonds. The lowest BCUT2D eigenvalue weighted by Crippen LogP contribution is -2.46. The predicted octanol–water partition coefficient (Wildman–Crippen LogP) is 0.795. The average molecular weight is 167 g/mol. The molecule has 10 heavy (non-hydrogen) atoms. The van der Waals surface area contributed by atoms with Crippen LogP contribution in [0.1, 0.15) is 13.8 Å². The maximum atomic E-state index is 12.0. The monoisotopic (exact) mass is 167 g/mol. The Hall–Kier alpha value is -0.290. The molecule has 0 radical (unpaired) electrons. The summed E-state index contributed by atoms with van der Waals surface area (Å²) in [5.41, 5.74) is 5.14. The lowest BCUT2D eigenvalue weighted by atomic mass is 10.1. The highest BCUT2D eigenvalue weighted by Gasteiger charge is 2.33. The SMILES string of the molecule is CC(C)(SF)[C@H](N)C(=O)O. The Balaban J connectivity index is 4.17. The molecule has 0 aromatic rings. The van der Waals surface area contributed by atoms with Crippen LogP contribution in [0.4, 0.5) is 3.89 Å². The highest BCUT2D eigenvalue weighted by Crippen LogP contribution is 2.27. The lowest BCUT2D eigenvalue weighted by molar-refractivity contribution is -0.139. The maximum absolute atomic E-state index is 12.0. The number of carboxylic acid groups (broad SMARTS) is 1. The van der Waals surface area contributed by atoms with Crippen molar-refractivity contribution in [1.82, 2.24) is 0 Å². The Labute approximate surface area is 63.1 Å². The van der Waals surface area contributed by atoms with Crippen molar-refractivity contribution in [3.63, 3.8) is 0 Å². The fraction of sp³-hybridized carbons (Fsp3) is 0.800. The van der Waals surface area contributed by atoms with Gasteiger partial charge in [0.2, 0.25) is 0 Å². The second-order valence-corrected chi connectivity index (χ2v) is 3.70. The van der Waals surface area contributed by atoms with Crippen LogP contribution in [0.5, 0.6) is 0 Å². The number of hydrogen-bond donors (Lipinski definition) is 2. The summed E-state index contributed by atoms with van der Waals surface area (Å²) in [7, 11) is 0. The number of nitrogens with two attached hydrogens (primary N) is 1. The summed E-state index contributed by atoms with van der Waals surface area (Å²) >= 11 is -0.0423. The minimum absolute atomic E-state index is 0.0423. The zero-order chi connectivity index (χ0) is 8.36. The molecule has 0 rings (SSSR count). The molecule has 0 aromatic carbocycles. The molecule has 0 aliphatic heterocycles. The van der Waals surface area contributed by atoms with E-state index >= 15 is 0 Å². The highest BCUT2D eigenvalue weighted by molar-refractivity contribution is 7.95. The first-order valence-corrected chi connectivity index (χ1v) is 3.41. The minimum Gasteiger partial charge on any atom is -0.480 e. The first-order chi connectivity index (χ1) is 4.41. The van der Waals surface area contributed by atoms with Crippen molar-refractivity contribution in [2.45, 2.75) is 24.6 Å². The molecule has 0 aliphatic carbocycles. The lowest BCUT2D eigenvalue weighted by Gasteiger charge is -2.22. The van der Waals surface area contributed by atoms with E-state index in [1.165, 1.54) is 13.8 Å². The predicted molar refractivity (Wildman–Crippen MR) is 38.4 cm³/mol. The van der Waals surface area contributed by atoms with Gasteiger partial charge in [-0.1, -0.05) is 0 Å². The molecular weight excluding hydrogens is 157 g/mol. The summed E-state index contributed by atoms with van der Waals surface area (Å²) in [6.45, 7) is 2.88. The fourth-order valence-electron chi connectivity index (χ4n) is 0.345. The third-order valence-electron chi connectivity index (χ3n) is 1.21. The van der Waals surface area contributed by atoms with Gasteiger partial charge in [0.25, 0.3) is 0 Å². The molecule has 1 atom stereocenters. The van der Waals surface area contributed by atoms with Gasteiger partial charge in [0.15, 0.2) is 0 Å². The molecule has 0 aromatic heterocycles. The third-order valence-corrected chi connectivity index (χ3v) is 1.87. The second-order valence-electron chi connectivity index (χ2n) is 2.50. The summed E-state index contributed by atoms with van der Waals surface area (Å²) < 4.78 is 10.9. The van der Waals surface area contributed by atoms with Gasteiger partial charge in [0.1, 0.15) is 6.04 Å². The minimum atomic E-state index is -1.19. The molecule has 0 unspecified atom stereocenters. The van der Waals surface area contributed by atoms with Crippen LogP contribution in [0.15, 0.2) is 0 Å². The first-order valence-electron chi connectivity index (χ1n) is 2.70. The zero-order valence-corrected chi connectivity index (χ0v) is 6.61. The normalized spacial score (nSPS) is 14.8. The van der Waals surface area contributed by atoms with Crippen molar-refractivity contribution in [3.8, 4) is 0 Å². The van der Waals surface area contributed by atoms with Gasteiger partial charge in [-0.25, -0.2) is 0 Å². The molecule has 0 aliphatic rings. The second kappa shape index (κ2) is 3.21. The van der Waals surface area contributed by atoms with E-state index in [2.05, 4.69) is 0 Å². The van der Waals surface area contributed by atoms with Crippen LogP contribution >= 0.6 is 12.1 Å². The van der Waals surface area contributed by atoms with Crippen molar-refractivity contribution in [3.05, 3.63) is 0 Å². The summed E-state index contributed by atoms with van der Waals surface area (Å²) in [6, 6.07) is -1.16. The van der Waals surface area contributed by atoms with E-state index in [0.29, 0.717) is 0 Å². The molecule has 0 bridgehead atoms. The molecule has 3 nitrogen and oxygen atoms in total. The van der Waals surface area contributed by atoms with E-state index in [-0.39, 0.29) is 12.1 Å². The van der Waals surface area contributed by atoms with Crippen molar-refractivity contribution in [2.24, 2.45) is 5.73 Å². The van der Waals surface area contributed by atoms with Gasteiger partial charge in [0, 0.05) is 0 Å². The number of carboxylic acids is 1. The van der Waals surface area contributed by atoms with Crippen LogP contribution in [0, 0.1) is 0 Å². The fourth-order valence-corrected chi connectivity index (χ4v) is 0.542. The summed E-state index contributed by atoms with van der Waals surface area (Å²) in [5, 5.41) is 8.34. The van der Waals surface area contributed by atoms with Crippen molar-refractivity contribution in [1.29, 1.82) is 0 Å². The Morgan fingerprint density at radius 2 is 2.20 bits per heavy atom. The topological polar surface area (TPSA) is 63.3 Å². The number of rotatable bonds is 3. The molecule has 0 heterocycles. The van der Waals surface area contributed by atoms with E-state index < -0.39 is 16.8 Å². The number of carbonyl (C=O) groups is 1. The molecule has 0 fully saturated rings. The van der Waals surface area contributed by atoms with Gasteiger partial charge in [-0.2, -0.15) is 3.89 Å². The quantitative estimate of drug-likeness (QED) is 0.652. The molecule has 0 saturated carbocycles. The van der Waals surface area contributed by atoms with E-state index in [1.54, 1.807) is 0 Å². The summed E-state index contributed by atoms with van der Waals surface area (Å²) in [6.07, 6.45) is 0. The van der Waals surface area contributed by atoms with Crippen LogP contribution in [0.3, 0.4) is 0 Å². The highest BCUT2D eigenvalue weighted by atomic mass is 32.2. The summed E-state index contributed by atoms with van der Waals surface area (Å²) in [4.78, 5) is 10.2. The Bertz CT molecular complexity index is 140. The largest absolute Gasteiger partial charge is 0.480 e. The van der Waals surface area contributed by atoms with Gasteiger partial charge in [0.05, 0.1) is 16.9 Å². The molecule has 0 saturated heterocycles. The maximum Gasteiger partial charge on any atom is 0.322 e. The first kappa shape index (κ1) is 9.71. The number of halogens is 1. The molecule has 3 N–H and O–H groups in total.